The Labute approximate surface area is 227 Å². The lowest BCUT2D eigenvalue weighted by Gasteiger charge is -2.39. The minimum Gasteiger partial charge on any atom is -0.373 e. The molecule has 1 aliphatic carbocycles. The fraction of sp³-hybridized carbons (Fsp3) is 0.562. The van der Waals surface area contributed by atoms with Crippen molar-refractivity contribution in [3.63, 3.8) is 0 Å². The Morgan fingerprint density at radius 1 is 0.789 bits per heavy atom. The molecule has 7 rings (SSSR count). The molecule has 4 aliphatic rings. The maximum absolute atomic E-state index is 5.24. The van der Waals surface area contributed by atoms with Crippen LogP contribution in [0, 0.1) is 0 Å². The number of rotatable bonds is 8. The van der Waals surface area contributed by atoms with E-state index in [9.17, 15) is 0 Å². The van der Waals surface area contributed by atoms with Crippen molar-refractivity contribution in [3.8, 4) is 0 Å². The lowest BCUT2D eigenvalue weighted by Crippen LogP contribution is -2.39. The van der Waals surface area contributed by atoms with Gasteiger partial charge in [-0.2, -0.15) is 0 Å². The highest BCUT2D eigenvalue weighted by Crippen LogP contribution is 2.42. The largest absolute Gasteiger partial charge is 0.373 e. The number of aromatic nitrogens is 2. The summed E-state index contributed by atoms with van der Waals surface area (Å²) in [5.74, 6) is 3.42. The van der Waals surface area contributed by atoms with E-state index in [0.717, 1.165) is 37.5 Å². The van der Waals surface area contributed by atoms with Crippen LogP contribution in [0.4, 0.5) is 17.2 Å². The SMILES string of the molecule is CN(CCN1CCCC1)c1ccc2nc(C3CC3)nc(N3CCC(c4ccccc4N4CCC4)CC3)c2c1. The fourth-order valence-corrected chi connectivity index (χ4v) is 6.63. The Balaban J connectivity index is 1.13. The molecule has 3 aliphatic heterocycles. The second-order valence-corrected chi connectivity index (χ2v) is 12.0. The first-order valence-corrected chi connectivity index (χ1v) is 15.1. The van der Waals surface area contributed by atoms with Crippen LogP contribution in [-0.4, -0.2) is 74.3 Å². The van der Waals surface area contributed by atoms with E-state index in [1.54, 1.807) is 5.56 Å². The summed E-state index contributed by atoms with van der Waals surface area (Å²) in [7, 11) is 2.23. The van der Waals surface area contributed by atoms with Crippen molar-refractivity contribution in [1.29, 1.82) is 0 Å². The van der Waals surface area contributed by atoms with Crippen LogP contribution < -0.4 is 14.7 Å². The number of benzene rings is 2. The lowest BCUT2D eigenvalue weighted by atomic mass is 9.87. The van der Waals surface area contributed by atoms with Crippen LogP contribution >= 0.6 is 0 Å². The molecular weight excluding hydrogens is 468 g/mol. The lowest BCUT2D eigenvalue weighted by molar-refractivity contribution is 0.346. The zero-order valence-corrected chi connectivity index (χ0v) is 23.0. The van der Waals surface area contributed by atoms with Crippen molar-refractivity contribution in [3.05, 3.63) is 53.9 Å². The molecule has 0 spiro atoms. The van der Waals surface area contributed by atoms with Gasteiger partial charge in [0.05, 0.1) is 5.52 Å². The van der Waals surface area contributed by atoms with Gasteiger partial charge in [-0.25, -0.2) is 9.97 Å². The molecule has 1 aromatic heterocycles. The van der Waals surface area contributed by atoms with Crippen LogP contribution in [-0.2, 0) is 0 Å². The molecule has 1 saturated carbocycles. The van der Waals surface area contributed by atoms with Gasteiger partial charge in [-0.1, -0.05) is 18.2 Å². The Morgan fingerprint density at radius 3 is 2.32 bits per heavy atom. The van der Waals surface area contributed by atoms with E-state index >= 15 is 0 Å². The van der Waals surface area contributed by atoms with E-state index in [2.05, 4.69) is 69.1 Å². The summed E-state index contributed by atoms with van der Waals surface area (Å²) >= 11 is 0. The Bertz CT molecular complexity index is 1270. The third-order valence-electron chi connectivity index (χ3n) is 9.38. The van der Waals surface area contributed by atoms with Crippen LogP contribution in [0.2, 0.25) is 0 Å². The molecule has 0 amide bonds. The number of likely N-dealkylation sites (tertiary alicyclic amines) is 1. The standard InChI is InChI=1S/C32H42N6/c1-35(21-22-36-15-4-5-16-36)26-11-12-29-28(23-26)32(34-31(33-29)25-9-10-25)38-19-13-24(14-20-38)27-7-2-3-8-30(27)37-17-6-18-37/h2-3,7-8,11-12,23-25H,4-6,9-10,13-22H2,1H3. The van der Waals surface area contributed by atoms with Gasteiger partial charge < -0.3 is 19.6 Å². The quantitative estimate of drug-likeness (QED) is 0.391. The summed E-state index contributed by atoms with van der Waals surface area (Å²) < 4.78 is 0. The minimum atomic E-state index is 0.557. The van der Waals surface area contributed by atoms with Crippen LogP contribution in [0.1, 0.15) is 68.2 Å². The van der Waals surface area contributed by atoms with Crippen LogP contribution in [0.25, 0.3) is 10.9 Å². The summed E-state index contributed by atoms with van der Waals surface area (Å²) in [5.41, 5.74) is 5.42. The first kappa shape index (κ1) is 24.2. The average Bonchev–Trinajstić information content (AvgIpc) is 3.65. The van der Waals surface area contributed by atoms with Crippen molar-refractivity contribution in [2.75, 3.05) is 74.1 Å². The highest BCUT2D eigenvalue weighted by atomic mass is 15.2. The summed E-state index contributed by atoms with van der Waals surface area (Å²) in [5, 5.41) is 1.22. The minimum absolute atomic E-state index is 0.557. The van der Waals surface area contributed by atoms with Crippen molar-refractivity contribution >= 4 is 28.1 Å². The maximum Gasteiger partial charge on any atom is 0.140 e. The molecule has 0 atom stereocenters. The fourth-order valence-electron chi connectivity index (χ4n) is 6.63. The monoisotopic (exact) mass is 510 g/mol. The predicted octanol–water partition coefficient (Wildman–Crippen LogP) is 5.63. The Hall–Kier alpha value is -2.86. The molecule has 0 bridgehead atoms. The maximum atomic E-state index is 5.24. The van der Waals surface area contributed by atoms with Gasteiger partial charge in [0.1, 0.15) is 11.6 Å². The number of fused-ring (bicyclic) bond motifs is 1. The van der Waals surface area contributed by atoms with Crippen molar-refractivity contribution in [2.45, 2.75) is 56.8 Å². The van der Waals surface area contributed by atoms with Crippen molar-refractivity contribution < 1.29 is 0 Å². The smallest absolute Gasteiger partial charge is 0.140 e. The normalized spacial score (nSPS) is 20.8. The highest BCUT2D eigenvalue weighted by Gasteiger charge is 2.31. The number of piperidine rings is 1. The first-order valence-electron chi connectivity index (χ1n) is 15.1. The van der Waals surface area contributed by atoms with Crippen LogP contribution in [0.3, 0.4) is 0 Å². The molecule has 38 heavy (non-hydrogen) atoms. The third kappa shape index (κ3) is 4.84. The summed E-state index contributed by atoms with van der Waals surface area (Å²) in [6.45, 7) is 9.25. The van der Waals surface area contributed by atoms with Gasteiger partial charge in [0.2, 0.25) is 0 Å². The van der Waals surface area contributed by atoms with E-state index < -0.39 is 0 Å². The zero-order chi connectivity index (χ0) is 25.5. The molecule has 0 N–H and O–H groups in total. The highest BCUT2D eigenvalue weighted by molar-refractivity contribution is 5.92. The average molecular weight is 511 g/mol. The van der Waals surface area contributed by atoms with E-state index in [-0.39, 0.29) is 0 Å². The molecule has 3 saturated heterocycles. The number of para-hydroxylation sites is 1. The summed E-state index contributed by atoms with van der Waals surface area (Å²) in [6, 6.07) is 16.0. The molecule has 6 nitrogen and oxygen atoms in total. The van der Waals surface area contributed by atoms with Gasteiger partial charge in [-0.15, -0.1) is 0 Å². The number of hydrogen-bond donors (Lipinski definition) is 0. The first-order chi connectivity index (χ1) is 18.7. The zero-order valence-electron chi connectivity index (χ0n) is 23.0. The van der Waals surface area contributed by atoms with Gasteiger partial charge in [-0.05, 0) is 93.8 Å². The van der Waals surface area contributed by atoms with E-state index in [0.29, 0.717) is 11.8 Å². The number of likely N-dealkylation sites (N-methyl/N-ethyl adjacent to an activating group) is 1. The second kappa shape index (κ2) is 10.4. The second-order valence-electron chi connectivity index (χ2n) is 12.0. The van der Waals surface area contributed by atoms with E-state index in [1.165, 1.54) is 93.7 Å². The van der Waals surface area contributed by atoms with Gasteiger partial charge in [0.15, 0.2) is 0 Å². The van der Waals surface area contributed by atoms with Crippen LogP contribution in [0.5, 0.6) is 0 Å². The van der Waals surface area contributed by atoms with Gasteiger partial charge in [-0.3, -0.25) is 0 Å². The topological polar surface area (TPSA) is 38.7 Å². The van der Waals surface area contributed by atoms with E-state index in [1.807, 2.05) is 0 Å². The summed E-state index contributed by atoms with van der Waals surface area (Å²) in [4.78, 5) is 20.4. The van der Waals surface area contributed by atoms with Gasteiger partial charge in [0.25, 0.3) is 0 Å². The predicted molar refractivity (Wildman–Crippen MR) is 158 cm³/mol. The van der Waals surface area contributed by atoms with Crippen molar-refractivity contribution in [1.82, 2.24) is 14.9 Å². The molecule has 6 heteroatoms. The molecule has 2 aromatic carbocycles. The third-order valence-corrected chi connectivity index (χ3v) is 9.38. The number of anilines is 3. The van der Waals surface area contributed by atoms with Gasteiger partial charge in [0, 0.05) is 69.0 Å². The number of nitrogens with zero attached hydrogens (tertiary/aromatic N) is 6. The molecule has 200 valence electrons. The van der Waals surface area contributed by atoms with Crippen LogP contribution in [0.15, 0.2) is 42.5 Å². The summed E-state index contributed by atoms with van der Waals surface area (Å²) in [6.07, 6.45) is 8.87. The molecule has 3 aromatic rings. The van der Waals surface area contributed by atoms with E-state index in [4.69, 9.17) is 9.97 Å². The molecule has 0 unspecified atom stereocenters. The Kier molecular flexibility index (Phi) is 6.60. The number of hydrogen-bond acceptors (Lipinski definition) is 6. The molecular formula is C32H42N6. The van der Waals surface area contributed by atoms with Crippen molar-refractivity contribution in [2.24, 2.45) is 0 Å². The molecule has 0 radical (unpaired) electrons. The molecule has 4 fully saturated rings. The Morgan fingerprint density at radius 2 is 1.58 bits per heavy atom. The van der Waals surface area contributed by atoms with Gasteiger partial charge >= 0.3 is 0 Å². The molecule has 4 heterocycles.